The van der Waals surface area contributed by atoms with Crippen molar-refractivity contribution in [3.63, 3.8) is 0 Å². The molecule has 0 amide bonds. The Balaban J connectivity index is 1.25. The van der Waals surface area contributed by atoms with Gasteiger partial charge in [0.05, 0.1) is 11.1 Å². The van der Waals surface area contributed by atoms with Crippen molar-refractivity contribution in [3.8, 4) is 46.0 Å². The number of rotatable bonds is 18. The average molecular weight is 1560 g/mol. The minimum atomic E-state index is -4.88. The fraction of sp³-hybridized carbons (Fsp3) is 0.294. The standard InChI is InChI=1S/C85H90N2O18S4/c1-51-23-31-63(32-24-51)106(92,93)102-77-47-78(103-107(94,95)64-33-25-52(2)26-34-64)68-43-67(77)55(5)71-45-72-57(7)69-44-70(80(105-109(98,99)66-37-29-54(4)30-38-66)48-79(69)104-108(96,97)65-35-27-53(3)28-36-65)58(8)74-46-73(56(68)6)83(90)76(84(74)91)50-87(60(10)62-21-17-14-18-22-62)42-40-85(100-11,101-12)39-41-86(49-75(81(71)88)82(72)89)59(9)61-19-15-13-16-20-61/h13-38,43-48,55-60,88-91H,39-42,49-50H2,1-12H3. The van der Waals surface area contributed by atoms with Crippen molar-refractivity contribution < 1.29 is 80.3 Å². The summed E-state index contributed by atoms with van der Waals surface area (Å²) in [6, 6.07) is 49.8. The Morgan fingerprint density at radius 1 is 0.349 bits per heavy atom. The van der Waals surface area contributed by atoms with Gasteiger partial charge in [-0.05, 0) is 125 Å². The number of fused-ring (bicyclic) bond motifs is 8. The smallest absolute Gasteiger partial charge is 0.339 e. The Kier molecular flexibility index (Phi) is 22.6. The number of nitrogens with zero attached hydrogens (tertiary/aromatic N) is 2. The van der Waals surface area contributed by atoms with Crippen LogP contribution in [0.5, 0.6) is 46.0 Å². The molecular formula is C85H90N2O18S4. The largest absolute Gasteiger partial charge is 0.507 e. The fourth-order valence-corrected chi connectivity index (χ4v) is 18.3. The lowest BCUT2D eigenvalue weighted by atomic mass is 9.79. The molecule has 10 bridgehead atoms. The van der Waals surface area contributed by atoms with Gasteiger partial charge in [0.15, 0.2) is 28.8 Å². The minimum Gasteiger partial charge on any atom is -0.507 e. The molecule has 2 heterocycles. The zero-order valence-corrected chi connectivity index (χ0v) is 66.0. The summed E-state index contributed by atoms with van der Waals surface area (Å²) in [6.07, 6.45) is 0.327. The zero-order chi connectivity index (χ0) is 78.4. The molecule has 3 aliphatic rings. The van der Waals surface area contributed by atoms with Crippen LogP contribution >= 0.6 is 0 Å². The Bertz CT molecular complexity index is 4910. The third kappa shape index (κ3) is 16.3. The normalized spacial score (nSPS) is 17.9. The van der Waals surface area contributed by atoms with Gasteiger partial charge in [0.1, 0.15) is 42.6 Å². The van der Waals surface area contributed by atoms with Gasteiger partial charge in [-0.1, -0.05) is 159 Å². The minimum absolute atomic E-state index is 0.00544. The number of hydrogen-bond acceptors (Lipinski definition) is 20. The van der Waals surface area contributed by atoms with Crippen LogP contribution in [0.1, 0.15) is 179 Å². The SMILES string of the molecule is COC1(OC)CCN(C(C)c2ccccc2)Cc2c(O)c3cc(c2O)C(C)c2cc(c(OS(=O)(=O)c4ccc(C)cc4)cc2OS(=O)(=O)c2ccc(C)cc2)C(C)c2cc(c(O)c(c2O)CN(C(C)c2ccccc2)CC1)C(C)c1cc(c(OS(=O)(=O)c2ccc(C)cc2)cc1OS(=O)(=O)c1ccc(C)cc1)C3C. The maximum absolute atomic E-state index is 15.1. The van der Waals surface area contributed by atoms with E-state index in [1.54, 1.807) is 104 Å². The number of aromatic hydroxyl groups is 4. The quantitative estimate of drug-likeness (QED) is 0.0459. The second kappa shape index (κ2) is 31.3. The third-order valence-corrected chi connectivity index (χ3v) is 26.6. The van der Waals surface area contributed by atoms with E-state index in [1.165, 1.54) is 87.0 Å². The van der Waals surface area contributed by atoms with E-state index in [0.29, 0.717) is 0 Å². The van der Waals surface area contributed by atoms with Crippen LogP contribution in [0.4, 0.5) is 0 Å². The maximum Gasteiger partial charge on any atom is 0.339 e. The van der Waals surface area contributed by atoms with E-state index < -0.39 is 128 Å². The summed E-state index contributed by atoms with van der Waals surface area (Å²) in [5, 5.41) is 54.6. The van der Waals surface area contributed by atoms with E-state index in [2.05, 4.69) is 0 Å². The predicted molar refractivity (Wildman–Crippen MR) is 415 cm³/mol. The van der Waals surface area contributed by atoms with Gasteiger partial charge in [-0.15, -0.1) is 0 Å². The number of methoxy groups -OCH3 is 2. The molecule has 10 aromatic carbocycles. The summed E-state index contributed by atoms with van der Waals surface area (Å²) in [5.74, 6) is -10.2. The number of aryl methyl sites for hydroxylation is 4. The maximum atomic E-state index is 15.1. The molecule has 0 radical (unpaired) electrons. The fourth-order valence-electron chi connectivity index (χ4n) is 14.5. The van der Waals surface area contributed by atoms with E-state index in [1.807, 2.05) is 84.3 Å². The second-order valence-corrected chi connectivity index (χ2v) is 34.7. The molecule has 0 saturated carbocycles. The van der Waals surface area contributed by atoms with Crippen molar-refractivity contribution >= 4 is 40.5 Å². The molecule has 0 saturated heterocycles. The van der Waals surface area contributed by atoms with Crippen molar-refractivity contribution in [2.45, 2.75) is 156 Å². The molecule has 6 unspecified atom stereocenters. The van der Waals surface area contributed by atoms with Crippen LogP contribution in [-0.2, 0) is 63.0 Å². The van der Waals surface area contributed by atoms with Crippen molar-refractivity contribution in [1.82, 2.24) is 9.80 Å². The molecule has 1 aliphatic carbocycles. The number of benzene rings is 10. The Morgan fingerprint density at radius 2 is 0.578 bits per heavy atom. The van der Waals surface area contributed by atoms with Crippen molar-refractivity contribution in [3.05, 3.63) is 283 Å². The van der Waals surface area contributed by atoms with Crippen molar-refractivity contribution in [2.24, 2.45) is 0 Å². The molecule has 4 N–H and O–H groups in total. The summed E-state index contributed by atoms with van der Waals surface area (Å²) < 4.78 is 159. The lowest BCUT2D eigenvalue weighted by molar-refractivity contribution is -0.219. The molecule has 24 heteroatoms. The molecule has 20 nitrogen and oxygen atoms in total. The molecule has 109 heavy (non-hydrogen) atoms. The molecule has 2 aliphatic heterocycles. The summed E-state index contributed by atoms with van der Waals surface area (Å²) in [4.78, 5) is 2.94. The van der Waals surface area contributed by atoms with Crippen LogP contribution in [0.15, 0.2) is 214 Å². The highest BCUT2D eigenvalue weighted by Crippen LogP contribution is 2.54. The van der Waals surface area contributed by atoms with Gasteiger partial charge in [-0.3, -0.25) is 9.80 Å². The molecule has 13 rings (SSSR count). The molecule has 0 aromatic heterocycles. The summed E-state index contributed by atoms with van der Waals surface area (Å²) in [6.45, 7) is 17.4. The van der Waals surface area contributed by atoms with Gasteiger partial charge >= 0.3 is 40.5 Å². The van der Waals surface area contributed by atoms with Crippen LogP contribution in [0.2, 0.25) is 0 Å². The number of phenolic OH excluding ortho intramolecular Hbond substituents is 4. The first kappa shape index (κ1) is 78.8. The topological polar surface area (TPSA) is 279 Å². The van der Waals surface area contributed by atoms with Gasteiger partial charge in [0.2, 0.25) is 0 Å². The first-order chi connectivity index (χ1) is 51.6. The number of phenols is 4. The first-order valence-electron chi connectivity index (χ1n) is 35.9. The second-order valence-electron chi connectivity index (χ2n) is 28.5. The van der Waals surface area contributed by atoms with Crippen LogP contribution in [-0.4, -0.2) is 97.0 Å². The molecule has 10 aromatic rings. The van der Waals surface area contributed by atoms with E-state index >= 15 is 33.7 Å². The molecule has 572 valence electrons. The summed E-state index contributed by atoms with van der Waals surface area (Å²) >= 11 is 0. The first-order valence-corrected chi connectivity index (χ1v) is 41.5. The van der Waals surface area contributed by atoms with E-state index in [4.69, 9.17) is 26.2 Å². The molecule has 0 spiro atoms. The zero-order valence-electron chi connectivity index (χ0n) is 62.7. The summed E-state index contributed by atoms with van der Waals surface area (Å²) in [7, 11) is -16.4. The van der Waals surface area contributed by atoms with Crippen molar-refractivity contribution in [1.29, 1.82) is 0 Å². The highest BCUT2D eigenvalue weighted by molar-refractivity contribution is 7.88. The third-order valence-electron chi connectivity index (χ3n) is 21.6. The van der Waals surface area contributed by atoms with Gasteiger partial charge in [-0.25, -0.2) is 0 Å². The molecule has 0 fully saturated rings. The molecular weight excluding hydrogens is 1470 g/mol. The number of ether oxygens (including phenoxy) is 2. The Labute approximate surface area is 639 Å². The lowest BCUT2D eigenvalue weighted by Crippen LogP contribution is -2.42. The van der Waals surface area contributed by atoms with E-state index in [9.17, 15) is 20.4 Å². The van der Waals surface area contributed by atoms with Gasteiger partial charge in [0.25, 0.3) is 0 Å². The van der Waals surface area contributed by atoms with Crippen molar-refractivity contribution in [2.75, 3.05) is 27.3 Å². The highest BCUT2D eigenvalue weighted by Gasteiger charge is 2.40. The average Bonchev–Trinajstić information content (AvgIpc) is 0.721. The highest BCUT2D eigenvalue weighted by atomic mass is 32.2. The lowest BCUT2D eigenvalue weighted by Gasteiger charge is -2.38. The summed E-state index contributed by atoms with van der Waals surface area (Å²) in [5.41, 5.74) is 4.59. The van der Waals surface area contributed by atoms with Crippen LogP contribution < -0.4 is 16.7 Å². The van der Waals surface area contributed by atoms with E-state index in [0.717, 1.165) is 45.5 Å². The Morgan fingerprint density at radius 3 is 0.807 bits per heavy atom. The monoisotopic (exact) mass is 1550 g/mol. The van der Waals surface area contributed by atoms with Gasteiger partial charge in [0, 0.05) is 146 Å². The van der Waals surface area contributed by atoms with Crippen LogP contribution in [0, 0.1) is 27.7 Å². The van der Waals surface area contributed by atoms with E-state index in [-0.39, 0.29) is 114 Å². The van der Waals surface area contributed by atoms with Crippen LogP contribution in [0.25, 0.3) is 0 Å². The van der Waals surface area contributed by atoms with Gasteiger partial charge in [-0.2, -0.15) is 33.7 Å². The number of hydrogen-bond donors (Lipinski definition) is 4. The molecule has 6 atom stereocenters. The van der Waals surface area contributed by atoms with Gasteiger partial charge < -0.3 is 46.6 Å². The van der Waals surface area contributed by atoms with Crippen LogP contribution in [0.3, 0.4) is 0 Å². The Hall–Kier alpha value is -9.76. The predicted octanol–water partition coefficient (Wildman–Crippen LogP) is 16.6.